The van der Waals surface area contributed by atoms with Crippen molar-refractivity contribution >= 4 is 17.6 Å². The lowest BCUT2D eigenvalue weighted by Crippen LogP contribution is -2.20. The Morgan fingerprint density at radius 2 is 1.62 bits per heavy atom. The number of aryl methyl sites for hydroxylation is 1. The standard InChI is InChI=1S/C25H25NO6/c1-17-7-6-8-18(13-17)15-32-25(28)19-11-12-22(23(14-19)30-3)31-16-24(27)26-20-9-4-5-10-21(20)29-2/h4-14H,15-16H2,1-3H3,(H,26,27). The van der Waals surface area contributed by atoms with Crippen LogP contribution in [0.3, 0.4) is 0 Å². The zero-order valence-corrected chi connectivity index (χ0v) is 18.2. The Hall–Kier alpha value is -4.00. The SMILES string of the molecule is COc1ccccc1NC(=O)COc1ccc(C(=O)OCc2cccc(C)c2)cc1OC. The highest BCUT2D eigenvalue weighted by molar-refractivity contribution is 5.93. The van der Waals surface area contributed by atoms with Crippen molar-refractivity contribution in [2.24, 2.45) is 0 Å². The van der Waals surface area contributed by atoms with E-state index in [2.05, 4.69) is 5.32 Å². The Balaban J connectivity index is 1.59. The summed E-state index contributed by atoms with van der Waals surface area (Å²) in [5.41, 5.74) is 2.87. The average molecular weight is 435 g/mol. The number of methoxy groups -OCH3 is 2. The minimum absolute atomic E-state index is 0.171. The van der Waals surface area contributed by atoms with Gasteiger partial charge in [0.05, 0.1) is 25.5 Å². The highest BCUT2D eigenvalue weighted by Gasteiger charge is 2.14. The lowest BCUT2D eigenvalue weighted by molar-refractivity contribution is -0.118. The first-order valence-corrected chi connectivity index (χ1v) is 9.96. The number of anilines is 1. The van der Waals surface area contributed by atoms with Crippen LogP contribution in [0.5, 0.6) is 17.2 Å². The monoisotopic (exact) mass is 435 g/mol. The third-order valence-electron chi connectivity index (χ3n) is 4.59. The molecule has 0 unspecified atom stereocenters. The van der Waals surface area contributed by atoms with Gasteiger partial charge in [-0.1, -0.05) is 42.0 Å². The summed E-state index contributed by atoms with van der Waals surface area (Å²) in [6.07, 6.45) is 0. The van der Waals surface area contributed by atoms with E-state index in [-0.39, 0.29) is 19.1 Å². The van der Waals surface area contributed by atoms with E-state index in [9.17, 15) is 9.59 Å². The molecule has 0 spiro atoms. The summed E-state index contributed by atoms with van der Waals surface area (Å²) in [5.74, 6) is 0.355. The molecule has 0 aromatic heterocycles. The van der Waals surface area contributed by atoms with Crippen molar-refractivity contribution in [1.82, 2.24) is 0 Å². The molecule has 0 aliphatic heterocycles. The molecule has 166 valence electrons. The Kier molecular flexibility index (Phi) is 7.70. The molecule has 0 aliphatic rings. The van der Waals surface area contributed by atoms with Gasteiger partial charge in [-0.05, 0) is 42.8 Å². The molecule has 0 saturated heterocycles. The number of para-hydroxylation sites is 2. The zero-order chi connectivity index (χ0) is 22.9. The molecule has 0 bridgehead atoms. The van der Waals surface area contributed by atoms with Crippen LogP contribution in [-0.2, 0) is 16.1 Å². The second-order valence-electron chi connectivity index (χ2n) is 6.97. The summed E-state index contributed by atoms with van der Waals surface area (Å²) in [6, 6.07) is 19.5. The first-order valence-electron chi connectivity index (χ1n) is 9.96. The predicted octanol–water partition coefficient (Wildman–Crippen LogP) is 4.39. The van der Waals surface area contributed by atoms with Crippen molar-refractivity contribution < 1.29 is 28.5 Å². The molecule has 7 heteroatoms. The maximum Gasteiger partial charge on any atom is 0.338 e. The Bertz CT molecular complexity index is 1100. The van der Waals surface area contributed by atoms with Crippen LogP contribution in [0.4, 0.5) is 5.69 Å². The van der Waals surface area contributed by atoms with Crippen LogP contribution in [0.25, 0.3) is 0 Å². The summed E-state index contributed by atoms with van der Waals surface area (Å²) in [6.45, 7) is 1.90. The number of carbonyl (C=O) groups excluding carboxylic acids is 2. The van der Waals surface area contributed by atoms with Crippen molar-refractivity contribution in [3.63, 3.8) is 0 Å². The molecular formula is C25H25NO6. The maximum absolute atomic E-state index is 12.4. The number of rotatable bonds is 9. The topological polar surface area (TPSA) is 83.1 Å². The lowest BCUT2D eigenvalue weighted by atomic mass is 10.1. The van der Waals surface area contributed by atoms with Crippen LogP contribution >= 0.6 is 0 Å². The summed E-state index contributed by atoms with van der Waals surface area (Å²) in [5, 5.41) is 2.73. The summed E-state index contributed by atoms with van der Waals surface area (Å²) in [7, 11) is 2.98. The molecular weight excluding hydrogens is 410 g/mol. The van der Waals surface area contributed by atoms with Gasteiger partial charge >= 0.3 is 5.97 Å². The minimum Gasteiger partial charge on any atom is -0.495 e. The fourth-order valence-electron chi connectivity index (χ4n) is 3.03. The molecule has 0 fully saturated rings. The Morgan fingerprint density at radius 1 is 0.844 bits per heavy atom. The van der Waals surface area contributed by atoms with E-state index >= 15 is 0 Å². The lowest BCUT2D eigenvalue weighted by Gasteiger charge is -2.13. The van der Waals surface area contributed by atoms with E-state index in [1.54, 1.807) is 30.3 Å². The van der Waals surface area contributed by atoms with E-state index < -0.39 is 5.97 Å². The molecule has 3 rings (SSSR count). The van der Waals surface area contributed by atoms with Crippen LogP contribution in [0.2, 0.25) is 0 Å². The maximum atomic E-state index is 12.4. The van der Waals surface area contributed by atoms with Gasteiger partial charge in [-0.2, -0.15) is 0 Å². The number of amides is 1. The average Bonchev–Trinajstić information content (AvgIpc) is 2.81. The largest absolute Gasteiger partial charge is 0.495 e. The Morgan fingerprint density at radius 3 is 2.38 bits per heavy atom. The van der Waals surface area contributed by atoms with Crippen LogP contribution < -0.4 is 19.5 Å². The number of esters is 1. The van der Waals surface area contributed by atoms with Gasteiger partial charge in [0.1, 0.15) is 12.4 Å². The first kappa shape index (κ1) is 22.7. The number of nitrogens with one attached hydrogen (secondary N) is 1. The van der Waals surface area contributed by atoms with E-state index in [1.165, 1.54) is 20.3 Å². The van der Waals surface area contributed by atoms with Crippen molar-refractivity contribution in [1.29, 1.82) is 0 Å². The number of carbonyl (C=O) groups is 2. The highest BCUT2D eigenvalue weighted by Crippen LogP contribution is 2.29. The quantitative estimate of drug-likeness (QED) is 0.502. The molecule has 3 aromatic carbocycles. The fraction of sp³-hybridized carbons (Fsp3) is 0.200. The Labute approximate surface area is 186 Å². The third kappa shape index (κ3) is 6.01. The van der Waals surface area contributed by atoms with E-state index in [1.807, 2.05) is 37.3 Å². The van der Waals surface area contributed by atoms with Crippen molar-refractivity contribution in [3.8, 4) is 17.2 Å². The van der Waals surface area contributed by atoms with Crippen LogP contribution in [-0.4, -0.2) is 32.7 Å². The molecule has 1 N–H and O–H groups in total. The van der Waals surface area contributed by atoms with Gasteiger partial charge < -0.3 is 24.3 Å². The third-order valence-corrected chi connectivity index (χ3v) is 4.59. The summed E-state index contributed by atoms with van der Waals surface area (Å²) >= 11 is 0. The summed E-state index contributed by atoms with van der Waals surface area (Å²) < 4.78 is 21.5. The molecule has 7 nitrogen and oxygen atoms in total. The van der Waals surface area contributed by atoms with Gasteiger partial charge in [0.25, 0.3) is 5.91 Å². The predicted molar refractivity (Wildman–Crippen MR) is 120 cm³/mol. The van der Waals surface area contributed by atoms with Gasteiger partial charge in [0, 0.05) is 0 Å². The van der Waals surface area contributed by atoms with Crippen molar-refractivity contribution in [3.05, 3.63) is 83.4 Å². The first-order chi connectivity index (χ1) is 15.5. The van der Waals surface area contributed by atoms with E-state index in [0.717, 1.165) is 11.1 Å². The number of benzene rings is 3. The van der Waals surface area contributed by atoms with Crippen molar-refractivity contribution in [2.75, 3.05) is 26.1 Å². The number of hydrogen-bond donors (Lipinski definition) is 1. The second kappa shape index (κ2) is 10.9. The minimum atomic E-state index is -0.481. The van der Waals surface area contributed by atoms with Gasteiger partial charge in [0.15, 0.2) is 18.1 Å². The van der Waals surface area contributed by atoms with Crippen LogP contribution in [0, 0.1) is 6.92 Å². The van der Waals surface area contributed by atoms with Gasteiger partial charge in [0.2, 0.25) is 0 Å². The van der Waals surface area contributed by atoms with Crippen LogP contribution in [0.15, 0.2) is 66.7 Å². The van der Waals surface area contributed by atoms with E-state index in [4.69, 9.17) is 18.9 Å². The molecule has 32 heavy (non-hydrogen) atoms. The molecule has 0 atom stereocenters. The van der Waals surface area contributed by atoms with Crippen molar-refractivity contribution in [2.45, 2.75) is 13.5 Å². The summed E-state index contributed by atoms with van der Waals surface area (Å²) in [4.78, 5) is 24.7. The zero-order valence-electron chi connectivity index (χ0n) is 18.2. The molecule has 3 aromatic rings. The van der Waals surface area contributed by atoms with Gasteiger partial charge in [-0.25, -0.2) is 4.79 Å². The van der Waals surface area contributed by atoms with Gasteiger partial charge in [-0.15, -0.1) is 0 Å². The normalized spacial score (nSPS) is 10.2. The fourth-order valence-corrected chi connectivity index (χ4v) is 3.03. The molecule has 0 aliphatic carbocycles. The van der Waals surface area contributed by atoms with Gasteiger partial charge in [-0.3, -0.25) is 4.79 Å². The molecule has 0 heterocycles. The smallest absolute Gasteiger partial charge is 0.338 e. The second-order valence-corrected chi connectivity index (χ2v) is 6.97. The van der Waals surface area contributed by atoms with E-state index in [0.29, 0.717) is 28.5 Å². The molecule has 1 amide bonds. The van der Waals surface area contributed by atoms with Crippen LogP contribution in [0.1, 0.15) is 21.5 Å². The molecule has 0 saturated carbocycles. The highest BCUT2D eigenvalue weighted by atomic mass is 16.5. The number of ether oxygens (including phenoxy) is 4. The number of hydrogen-bond acceptors (Lipinski definition) is 6. The molecule has 0 radical (unpaired) electrons.